The van der Waals surface area contributed by atoms with E-state index in [9.17, 15) is 29.6 Å². The third kappa shape index (κ3) is 10.6. The summed E-state index contributed by atoms with van der Waals surface area (Å²) in [6.07, 6.45) is 5.18. The fourth-order valence-electron chi connectivity index (χ4n) is 4.77. The molecule has 1 aromatic carbocycles. The van der Waals surface area contributed by atoms with Crippen molar-refractivity contribution in [1.29, 1.82) is 0 Å². The van der Waals surface area contributed by atoms with Gasteiger partial charge in [0.2, 0.25) is 0 Å². The molecular weight excluding hydrogens is 572 g/mol. The maximum Gasteiger partial charge on any atom is 0.381 e. The summed E-state index contributed by atoms with van der Waals surface area (Å²) in [6.45, 7) is 8.38. The molecule has 1 aromatic rings. The number of phenols is 1. The molecule has 0 saturated heterocycles. The molecule has 0 heterocycles. The van der Waals surface area contributed by atoms with Gasteiger partial charge in [0, 0.05) is 30.4 Å². The van der Waals surface area contributed by atoms with Gasteiger partial charge in [0.05, 0.1) is 13.2 Å². The SMILES string of the molecule is C=C(C)[C@H]1CCC(COC(C)=O)=C[C@@H]1c1c(O)cc(C(F)(F)C(=O)OCCCCCC)cc1OC(=O)CCCO[N+](=O)[O-]. The van der Waals surface area contributed by atoms with Gasteiger partial charge in [0.15, 0.2) is 0 Å². The molecule has 0 spiro atoms. The van der Waals surface area contributed by atoms with Gasteiger partial charge in [-0.15, -0.1) is 10.1 Å². The number of hydrogen-bond acceptors (Lipinski definition) is 10. The maximum absolute atomic E-state index is 15.3. The van der Waals surface area contributed by atoms with Gasteiger partial charge in [-0.1, -0.05) is 44.4 Å². The molecule has 1 aliphatic rings. The molecule has 238 valence electrons. The standard InChI is InChI=1S/C30H39F2NO10/c1-5-6-7-8-13-40-29(37)30(31,32)22-16-25(35)28(26(17-22)43-27(36)10-9-14-42-33(38)39)24-15-21(18-41-20(4)34)11-12-23(24)19(2)3/h15-17,23-24,35H,2,5-14,18H2,1,3-4H3/t23-,24+/m1/s1. The molecule has 0 radical (unpaired) electrons. The van der Waals surface area contributed by atoms with Crippen LogP contribution >= 0.6 is 0 Å². The molecule has 0 fully saturated rings. The Morgan fingerprint density at radius 1 is 1.12 bits per heavy atom. The van der Waals surface area contributed by atoms with Crippen LogP contribution in [-0.4, -0.2) is 47.9 Å². The molecule has 0 amide bonds. The van der Waals surface area contributed by atoms with Crippen LogP contribution < -0.4 is 4.74 Å². The van der Waals surface area contributed by atoms with Gasteiger partial charge in [0.1, 0.15) is 18.1 Å². The van der Waals surface area contributed by atoms with Crippen LogP contribution in [0.3, 0.4) is 0 Å². The summed E-state index contributed by atoms with van der Waals surface area (Å²) in [5.41, 5.74) is 0.462. The summed E-state index contributed by atoms with van der Waals surface area (Å²) in [5.74, 6) is -9.53. The normalized spacial score (nSPS) is 16.5. The van der Waals surface area contributed by atoms with Crippen LogP contribution in [-0.2, 0) is 34.6 Å². The molecule has 2 rings (SSSR count). The average molecular weight is 612 g/mol. The van der Waals surface area contributed by atoms with Crippen molar-refractivity contribution in [2.75, 3.05) is 19.8 Å². The van der Waals surface area contributed by atoms with E-state index in [1.807, 2.05) is 6.92 Å². The maximum atomic E-state index is 15.3. The Balaban J connectivity index is 2.51. The number of carbonyl (C=O) groups is 3. The van der Waals surface area contributed by atoms with E-state index < -0.39 is 58.5 Å². The van der Waals surface area contributed by atoms with Crippen molar-refractivity contribution >= 4 is 17.9 Å². The Morgan fingerprint density at radius 3 is 2.47 bits per heavy atom. The molecule has 0 unspecified atom stereocenters. The number of halogens is 2. The highest BCUT2D eigenvalue weighted by Crippen LogP contribution is 2.48. The van der Waals surface area contributed by atoms with Gasteiger partial charge in [-0.25, -0.2) is 4.79 Å². The monoisotopic (exact) mass is 611 g/mol. The van der Waals surface area contributed by atoms with Crippen molar-refractivity contribution in [2.45, 2.75) is 84.0 Å². The van der Waals surface area contributed by atoms with Crippen LogP contribution in [0.15, 0.2) is 35.9 Å². The summed E-state index contributed by atoms with van der Waals surface area (Å²) in [7, 11) is 0. The third-order valence-corrected chi connectivity index (χ3v) is 6.97. The Kier molecular flexibility index (Phi) is 13.5. The minimum atomic E-state index is -4.18. The van der Waals surface area contributed by atoms with Crippen LogP contribution in [0.1, 0.15) is 89.2 Å². The summed E-state index contributed by atoms with van der Waals surface area (Å²) in [4.78, 5) is 51.0. The number of phenolic OH excluding ortho intramolecular Hbond substituents is 1. The molecule has 0 bridgehead atoms. The number of nitrogens with zero attached hydrogens (tertiary/aromatic N) is 1. The van der Waals surface area contributed by atoms with E-state index >= 15 is 8.78 Å². The highest BCUT2D eigenvalue weighted by molar-refractivity contribution is 5.80. The van der Waals surface area contributed by atoms with Gasteiger partial charge in [-0.05, 0) is 56.2 Å². The number of aromatic hydroxyl groups is 1. The zero-order valence-electron chi connectivity index (χ0n) is 24.7. The summed E-state index contributed by atoms with van der Waals surface area (Å²) < 4.78 is 45.9. The van der Waals surface area contributed by atoms with E-state index in [0.717, 1.165) is 25.0 Å². The van der Waals surface area contributed by atoms with Crippen molar-refractivity contribution in [3.05, 3.63) is 57.2 Å². The molecular formula is C30H39F2NO10. The number of unbranched alkanes of at least 4 members (excludes halogenated alkanes) is 3. The van der Waals surface area contributed by atoms with Gasteiger partial charge in [-0.2, -0.15) is 8.78 Å². The second-order valence-electron chi connectivity index (χ2n) is 10.4. The number of carbonyl (C=O) groups excluding carboxylic acids is 3. The lowest BCUT2D eigenvalue weighted by molar-refractivity contribution is -0.757. The lowest BCUT2D eigenvalue weighted by Crippen LogP contribution is -2.29. The molecule has 1 N–H and O–H groups in total. The Hall–Kier alpha value is -4.03. The molecule has 2 atom stereocenters. The first-order chi connectivity index (χ1) is 20.3. The summed E-state index contributed by atoms with van der Waals surface area (Å²) in [5, 5.41) is 20.5. The molecule has 13 heteroatoms. The Labute approximate surface area is 248 Å². The minimum Gasteiger partial charge on any atom is -0.507 e. The first-order valence-electron chi connectivity index (χ1n) is 14.2. The highest BCUT2D eigenvalue weighted by Gasteiger charge is 2.45. The molecule has 1 aliphatic carbocycles. The van der Waals surface area contributed by atoms with Gasteiger partial charge in [0.25, 0.3) is 5.09 Å². The second-order valence-corrected chi connectivity index (χ2v) is 10.4. The lowest BCUT2D eigenvalue weighted by Gasteiger charge is -2.33. The van der Waals surface area contributed by atoms with E-state index in [2.05, 4.69) is 11.4 Å². The molecule has 0 aliphatic heterocycles. The van der Waals surface area contributed by atoms with E-state index in [1.54, 1.807) is 13.0 Å². The van der Waals surface area contributed by atoms with Crippen molar-refractivity contribution in [2.24, 2.45) is 5.92 Å². The Bertz CT molecular complexity index is 1210. The average Bonchev–Trinajstić information content (AvgIpc) is 2.93. The van der Waals surface area contributed by atoms with Crippen molar-refractivity contribution < 1.29 is 52.4 Å². The smallest absolute Gasteiger partial charge is 0.381 e. The fraction of sp³-hybridized carbons (Fsp3) is 0.567. The predicted octanol–water partition coefficient (Wildman–Crippen LogP) is 6.06. The van der Waals surface area contributed by atoms with E-state index in [0.29, 0.717) is 36.8 Å². The molecule has 11 nitrogen and oxygen atoms in total. The Morgan fingerprint density at radius 2 is 1.84 bits per heavy atom. The topological polar surface area (TPSA) is 152 Å². The number of alkyl halides is 2. The largest absolute Gasteiger partial charge is 0.507 e. The van der Waals surface area contributed by atoms with Crippen molar-refractivity contribution in [1.82, 2.24) is 0 Å². The van der Waals surface area contributed by atoms with E-state index in [1.165, 1.54) is 6.92 Å². The highest BCUT2D eigenvalue weighted by atomic mass is 19.3. The summed E-state index contributed by atoms with van der Waals surface area (Å²) >= 11 is 0. The lowest BCUT2D eigenvalue weighted by atomic mass is 9.73. The number of allylic oxidation sites excluding steroid dienone is 2. The third-order valence-electron chi connectivity index (χ3n) is 6.97. The number of rotatable bonds is 17. The van der Waals surface area contributed by atoms with Crippen LogP contribution in [0.2, 0.25) is 0 Å². The van der Waals surface area contributed by atoms with Gasteiger partial charge >= 0.3 is 23.8 Å². The second kappa shape index (κ2) is 16.6. The van der Waals surface area contributed by atoms with Crippen LogP contribution in [0.5, 0.6) is 11.5 Å². The van der Waals surface area contributed by atoms with E-state index in [-0.39, 0.29) is 37.5 Å². The molecule has 43 heavy (non-hydrogen) atoms. The van der Waals surface area contributed by atoms with Gasteiger partial charge in [-0.3, -0.25) is 9.59 Å². The predicted molar refractivity (Wildman–Crippen MR) is 150 cm³/mol. The zero-order chi connectivity index (χ0) is 32.2. The van der Waals surface area contributed by atoms with Crippen LogP contribution in [0.4, 0.5) is 8.78 Å². The van der Waals surface area contributed by atoms with Crippen LogP contribution in [0.25, 0.3) is 0 Å². The minimum absolute atomic E-state index is 0.00426. The van der Waals surface area contributed by atoms with Crippen molar-refractivity contribution in [3.63, 3.8) is 0 Å². The number of hydrogen-bond donors (Lipinski definition) is 1. The number of ether oxygens (including phenoxy) is 3. The fourth-order valence-corrected chi connectivity index (χ4v) is 4.77. The van der Waals surface area contributed by atoms with Gasteiger partial charge < -0.3 is 24.2 Å². The zero-order valence-corrected chi connectivity index (χ0v) is 24.7. The quantitative estimate of drug-likeness (QED) is 0.0549. The molecule has 0 aromatic heterocycles. The van der Waals surface area contributed by atoms with Crippen molar-refractivity contribution in [3.8, 4) is 11.5 Å². The summed E-state index contributed by atoms with van der Waals surface area (Å²) in [6, 6.07) is 1.54. The molecule has 0 saturated carbocycles. The van der Waals surface area contributed by atoms with E-state index in [4.69, 9.17) is 14.2 Å². The first-order valence-corrected chi connectivity index (χ1v) is 14.2. The first kappa shape index (κ1) is 35.2. The van der Waals surface area contributed by atoms with Crippen LogP contribution in [0, 0.1) is 16.0 Å². The number of benzene rings is 1. The number of esters is 3.